The highest BCUT2D eigenvalue weighted by Crippen LogP contribution is 2.02. The van der Waals surface area contributed by atoms with Crippen LogP contribution in [0, 0.1) is 13.8 Å². The van der Waals surface area contributed by atoms with Gasteiger partial charge in [-0.15, -0.1) is 0 Å². The summed E-state index contributed by atoms with van der Waals surface area (Å²) in [5.74, 6) is 0. The van der Waals surface area contributed by atoms with E-state index in [9.17, 15) is 0 Å². The molecule has 0 atom stereocenters. The van der Waals surface area contributed by atoms with Crippen molar-refractivity contribution in [2.75, 3.05) is 0 Å². The molecular formula is C8H14Si. The summed E-state index contributed by atoms with van der Waals surface area (Å²) >= 11 is 0. The number of hydrogen-bond donors (Lipinski definition) is 0. The normalized spacial score (nSPS) is 8.22. The molecule has 1 rings (SSSR count). The zero-order valence-electron chi connectivity index (χ0n) is 5.31. The minimum absolute atomic E-state index is 0. The lowest BCUT2D eigenvalue weighted by atomic mass is 10.1. The van der Waals surface area contributed by atoms with Gasteiger partial charge in [-0.3, -0.25) is 0 Å². The maximum atomic E-state index is 2.12. The third-order valence-corrected chi connectivity index (χ3v) is 1.43. The van der Waals surface area contributed by atoms with E-state index in [1.807, 2.05) is 0 Å². The van der Waals surface area contributed by atoms with Crippen LogP contribution in [-0.2, 0) is 0 Å². The van der Waals surface area contributed by atoms with Crippen LogP contribution >= 0.6 is 0 Å². The van der Waals surface area contributed by atoms with E-state index in [1.54, 1.807) is 0 Å². The highest BCUT2D eigenvalue weighted by molar-refractivity contribution is 5.75. The first kappa shape index (κ1) is 8.44. The Morgan fingerprint density at radius 3 is 1.44 bits per heavy atom. The SMILES string of the molecule is Cc1ccccc1C.[SiH4]. The Labute approximate surface area is 60.9 Å². The molecule has 0 amide bonds. The van der Waals surface area contributed by atoms with E-state index in [0.29, 0.717) is 0 Å². The lowest BCUT2D eigenvalue weighted by molar-refractivity contribution is 1.34. The van der Waals surface area contributed by atoms with Crippen LogP contribution in [0.25, 0.3) is 0 Å². The van der Waals surface area contributed by atoms with E-state index >= 15 is 0 Å². The Kier molecular flexibility index (Phi) is 3.24. The van der Waals surface area contributed by atoms with Crippen molar-refractivity contribution in [3.8, 4) is 0 Å². The number of rotatable bonds is 0. The van der Waals surface area contributed by atoms with Crippen molar-refractivity contribution < 1.29 is 0 Å². The van der Waals surface area contributed by atoms with Crippen molar-refractivity contribution in [2.24, 2.45) is 0 Å². The fourth-order valence-corrected chi connectivity index (χ4v) is 0.663. The van der Waals surface area contributed by atoms with Gasteiger partial charge in [0, 0.05) is 0 Å². The first-order valence-electron chi connectivity index (χ1n) is 2.83. The molecule has 50 valence electrons. The van der Waals surface area contributed by atoms with E-state index in [2.05, 4.69) is 38.1 Å². The predicted molar refractivity (Wildman–Crippen MR) is 47.3 cm³/mol. The Hall–Kier alpha value is -0.563. The van der Waals surface area contributed by atoms with Crippen LogP contribution in [0.1, 0.15) is 11.1 Å². The summed E-state index contributed by atoms with van der Waals surface area (Å²) in [6, 6.07) is 8.36. The molecule has 0 saturated heterocycles. The van der Waals surface area contributed by atoms with Gasteiger partial charge in [0.2, 0.25) is 0 Å². The number of aryl methyl sites for hydroxylation is 2. The molecule has 1 aromatic rings. The largest absolute Gasteiger partial charge is 0.0620 e. The van der Waals surface area contributed by atoms with Gasteiger partial charge in [-0.2, -0.15) is 0 Å². The lowest BCUT2D eigenvalue weighted by Gasteiger charge is -1.93. The van der Waals surface area contributed by atoms with E-state index in [0.717, 1.165) is 0 Å². The second kappa shape index (κ2) is 3.46. The van der Waals surface area contributed by atoms with Crippen molar-refractivity contribution >= 4 is 11.0 Å². The van der Waals surface area contributed by atoms with Crippen LogP contribution in [-0.4, -0.2) is 11.0 Å². The van der Waals surface area contributed by atoms with Gasteiger partial charge in [-0.05, 0) is 35.9 Å². The average Bonchev–Trinajstić information content (AvgIpc) is 1.77. The molecule has 0 unspecified atom stereocenters. The smallest absolute Gasteiger partial charge is 0.0149 e. The molecule has 1 aromatic carbocycles. The van der Waals surface area contributed by atoms with Gasteiger partial charge in [-0.25, -0.2) is 0 Å². The zero-order chi connectivity index (χ0) is 5.98. The van der Waals surface area contributed by atoms with Crippen molar-refractivity contribution in [3.05, 3.63) is 35.4 Å². The van der Waals surface area contributed by atoms with E-state index in [-0.39, 0.29) is 11.0 Å². The fraction of sp³-hybridized carbons (Fsp3) is 0.250. The van der Waals surface area contributed by atoms with Crippen LogP contribution in [0.15, 0.2) is 24.3 Å². The summed E-state index contributed by atoms with van der Waals surface area (Å²) < 4.78 is 0. The van der Waals surface area contributed by atoms with Gasteiger partial charge in [0.15, 0.2) is 0 Å². The minimum Gasteiger partial charge on any atom is -0.0620 e. The molecule has 0 saturated carbocycles. The molecule has 1 heteroatoms. The second-order valence-electron chi connectivity index (χ2n) is 2.08. The van der Waals surface area contributed by atoms with Crippen molar-refractivity contribution in [3.63, 3.8) is 0 Å². The van der Waals surface area contributed by atoms with Crippen LogP contribution in [0.2, 0.25) is 0 Å². The van der Waals surface area contributed by atoms with Gasteiger partial charge >= 0.3 is 0 Å². The number of benzene rings is 1. The van der Waals surface area contributed by atoms with Crippen LogP contribution in [0.5, 0.6) is 0 Å². The molecule has 0 aromatic heterocycles. The van der Waals surface area contributed by atoms with Crippen LogP contribution in [0.4, 0.5) is 0 Å². The fourth-order valence-electron chi connectivity index (χ4n) is 0.663. The Morgan fingerprint density at radius 2 is 1.22 bits per heavy atom. The molecule has 9 heavy (non-hydrogen) atoms. The van der Waals surface area contributed by atoms with E-state index in [4.69, 9.17) is 0 Å². The highest BCUT2D eigenvalue weighted by atomic mass is 28.1. The third-order valence-electron chi connectivity index (χ3n) is 1.43. The molecule has 0 fully saturated rings. The molecule has 0 nitrogen and oxygen atoms in total. The van der Waals surface area contributed by atoms with Crippen molar-refractivity contribution in [1.29, 1.82) is 0 Å². The average molecular weight is 138 g/mol. The molecule has 0 aliphatic carbocycles. The Morgan fingerprint density at radius 1 is 0.889 bits per heavy atom. The molecule has 0 N–H and O–H groups in total. The molecular weight excluding hydrogens is 124 g/mol. The monoisotopic (exact) mass is 138 g/mol. The van der Waals surface area contributed by atoms with Gasteiger partial charge in [0.1, 0.15) is 0 Å². The maximum Gasteiger partial charge on any atom is -0.0149 e. The summed E-state index contributed by atoms with van der Waals surface area (Å²) in [6.07, 6.45) is 0. The summed E-state index contributed by atoms with van der Waals surface area (Å²) in [5, 5.41) is 0. The van der Waals surface area contributed by atoms with Gasteiger partial charge in [-0.1, -0.05) is 24.3 Å². The quantitative estimate of drug-likeness (QED) is 0.466. The van der Waals surface area contributed by atoms with Crippen LogP contribution < -0.4 is 0 Å². The van der Waals surface area contributed by atoms with E-state index < -0.39 is 0 Å². The molecule has 0 aliphatic rings. The van der Waals surface area contributed by atoms with Crippen molar-refractivity contribution in [1.82, 2.24) is 0 Å². The molecule has 0 spiro atoms. The second-order valence-corrected chi connectivity index (χ2v) is 2.08. The third kappa shape index (κ3) is 2.02. The zero-order valence-corrected chi connectivity index (χ0v) is 5.31. The van der Waals surface area contributed by atoms with Crippen molar-refractivity contribution in [2.45, 2.75) is 13.8 Å². The predicted octanol–water partition coefficient (Wildman–Crippen LogP) is 0.852. The molecule has 0 radical (unpaired) electrons. The number of hydrogen-bond acceptors (Lipinski definition) is 0. The Bertz CT molecular complexity index is 161. The maximum absolute atomic E-state index is 2.12. The highest BCUT2D eigenvalue weighted by Gasteiger charge is 1.83. The Balaban J connectivity index is 0.000000640. The van der Waals surface area contributed by atoms with Gasteiger partial charge in [0.25, 0.3) is 0 Å². The topological polar surface area (TPSA) is 0 Å². The van der Waals surface area contributed by atoms with E-state index in [1.165, 1.54) is 11.1 Å². The summed E-state index contributed by atoms with van der Waals surface area (Å²) in [5.41, 5.74) is 2.74. The molecule has 0 bridgehead atoms. The summed E-state index contributed by atoms with van der Waals surface area (Å²) in [4.78, 5) is 0. The standard InChI is InChI=1S/C8H10.H4Si/c1-7-5-3-4-6-8(7)2;/h3-6H,1-2H3;1H4. The first-order valence-corrected chi connectivity index (χ1v) is 2.83. The first-order chi connectivity index (χ1) is 3.80. The van der Waals surface area contributed by atoms with Gasteiger partial charge < -0.3 is 0 Å². The molecule has 0 heterocycles. The molecule has 0 aliphatic heterocycles. The van der Waals surface area contributed by atoms with Gasteiger partial charge in [0.05, 0.1) is 0 Å². The minimum atomic E-state index is 0. The summed E-state index contributed by atoms with van der Waals surface area (Å²) in [7, 11) is 0. The lowest BCUT2D eigenvalue weighted by Crippen LogP contribution is -1.74. The van der Waals surface area contributed by atoms with Crippen LogP contribution in [0.3, 0.4) is 0 Å². The summed E-state index contributed by atoms with van der Waals surface area (Å²) in [6.45, 7) is 4.24.